The van der Waals surface area contributed by atoms with E-state index in [0.717, 1.165) is 18.6 Å². The normalized spacial score (nSPS) is 12.0. The number of ether oxygens (including phenoxy) is 1. The van der Waals surface area contributed by atoms with E-state index in [1.54, 1.807) is 7.11 Å². The van der Waals surface area contributed by atoms with E-state index >= 15 is 0 Å². The molecule has 0 aromatic heterocycles. The van der Waals surface area contributed by atoms with Crippen LogP contribution in [0, 0.1) is 6.92 Å². The summed E-state index contributed by atoms with van der Waals surface area (Å²) in [6, 6.07) is 15.4. The molecule has 112 valence electrons. The van der Waals surface area contributed by atoms with Crippen molar-refractivity contribution in [3.63, 3.8) is 0 Å². The van der Waals surface area contributed by atoms with Crippen LogP contribution in [0.3, 0.4) is 0 Å². The molecule has 0 saturated carbocycles. The van der Waals surface area contributed by atoms with Gasteiger partial charge in [0.2, 0.25) is 0 Å². The van der Waals surface area contributed by atoms with Crippen LogP contribution in [0.2, 0.25) is 0 Å². The number of benzene rings is 2. The lowest BCUT2D eigenvalue weighted by Gasteiger charge is -2.21. The molecule has 0 amide bonds. The van der Waals surface area contributed by atoms with Crippen molar-refractivity contribution in [2.45, 2.75) is 39.7 Å². The fourth-order valence-electron chi connectivity index (χ4n) is 2.52. The molecule has 0 spiro atoms. The molecule has 21 heavy (non-hydrogen) atoms. The Morgan fingerprint density at radius 3 is 2.29 bits per heavy atom. The van der Waals surface area contributed by atoms with Gasteiger partial charge in [0.05, 0.1) is 13.2 Å². The molecule has 0 bridgehead atoms. The lowest BCUT2D eigenvalue weighted by molar-refractivity contribution is 0.414. The Labute approximate surface area is 128 Å². The third kappa shape index (κ3) is 3.78. The van der Waals surface area contributed by atoms with Gasteiger partial charge in [-0.2, -0.15) is 0 Å². The SMILES string of the molecule is CCc1ccc(C(CC)Nc2ccc(OC)cc2C)cc1. The topological polar surface area (TPSA) is 21.3 Å². The Balaban J connectivity index is 2.18. The highest BCUT2D eigenvalue weighted by Gasteiger charge is 2.10. The first-order valence-corrected chi connectivity index (χ1v) is 7.68. The summed E-state index contributed by atoms with van der Waals surface area (Å²) in [4.78, 5) is 0. The molecule has 2 aromatic rings. The quantitative estimate of drug-likeness (QED) is 0.793. The molecule has 2 aromatic carbocycles. The van der Waals surface area contributed by atoms with Crippen LogP contribution in [-0.4, -0.2) is 7.11 Å². The Morgan fingerprint density at radius 2 is 1.76 bits per heavy atom. The molecule has 0 aliphatic rings. The Hall–Kier alpha value is -1.96. The first-order chi connectivity index (χ1) is 10.2. The molecule has 0 radical (unpaired) electrons. The summed E-state index contributed by atoms with van der Waals surface area (Å²) in [5, 5.41) is 3.65. The molecule has 0 aliphatic heterocycles. The molecule has 0 saturated heterocycles. The van der Waals surface area contributed by atoms with E-state index in [9.17, 15) is 0 Å². The highest BCUT2D eigenvalue weighted by molar-refractivity contribution is 5.55. The van der Waals surface area contributed by atoms with Gasteiger partial charge < -0.3 is 10.1 Å². The van der Waals surface area contributed by atoms with Gasteiger partial charge in [0.1, 0.15) is 5.75 Å². The van der Waals surface area contributed by atoms with Crippen LogP contribution < -0.4 is 10.1 Å². The van der Waals surface area contributed by atoms with Crippen LogP contribution in [0.1, 0.15) is 43.0 Å². The molecule has 2 nitrogen and oxygen atoms in total. The fourth-order valence-corrected chi connectivity index (χ4v) is 2.52. The second-order valence-electron chi connectivity index (χ2n) is 5.38. The number of nitrogens with one attached hydrogen (secondary N) is 1. The lowest BCUT2D eigenvalue weighted by Crippen LogP contribution is -2.10. The van der Waals surface area contributed by atoms with Crippen molar-refractivity contribution in [2.24, 2.45) is 0 Å². The van der Waals surface area contributed by atoms with Crippen molar-refractivity contribution >= 4 is 5.69 Å². The third-order valence-corrected chi connectivity index (χ3v) is 3.96. The minimum absolute atomic E-state index is 0.336. The van der Waals surface area contributed by atoms with E-state index in [-0.39, 0.29) is 0 Å². The van der Waals surface area contributed by atoms with Crippen molar-refractivity contribution in [1.29, 1.82) is 0 Å². The Morgan fingerprint density at radius 1 is 1.05 bits per heavy atom. The van der Waals surface area contributed by atoms with Gasteiger partial charge in [0, 0.05) is 5.69 Å². The molecular formula is C19H25NO. The molecule has 1 atom stereocenters. The number of hydrogen-bond donors (Lipinski definition) is 1. The van der Waals surface area contributed by atoms with Crippen molar-refractivity contribution in [2.75, 3.05) is 12.4 Å². The summed E-state index contributed by atoms with van der Waals surface area (Å²) < 4.78 is 5.26. The number of rotatable bonds is 6. The molecule has 0 heterocycles. The van der Waals surface area contributed by atoms with Crippen LogP contribution in [0.15, 0.2) is 42.5 Å². The zero-order valence-electron chi connectivity index (χ0n) is 13.4. The van der Waals surface area contributed by atoms with Gasteiger partial charge in [0.25, 0.3) is 0 Å². The van der Waals surface area contributed by atoms with Gasteiger partial charge in [-0.15, -0.1) is 0 Å². The summed E-state index contributed by atoms with van der Waals surface area (Å²) in [5.74, 6) is 0.901. The summed E-state index contributed by atoms with van der Waals surface area (Å²) in [6.07, 6.45) is 2.14. The number of methoxy groups -OCH3 is 1. The van der Waals surface area contributed by atoms with Gasteiger partial charge in [-0.25, -0.2) is 0 Å². The smallest absolute Gasteiger partial charge is 0.119 e. The van der Waals surface area contributed by atoms with Crippen molar-refractivity contribution in [1.82, 2.24) is 0 Å². The van der Waals surface area contributed by atoms with Crippen LogP contribution in [-0.2, 0) is 6.42 Å². The second kappa shape index (κ2) is 7.16. The zero-order valence-corrected chi connectivity index (χ0v) is 13.4. The van der Waals surface area contributed by atoms with E-state index in [1.165, 1.54) is 22.4 Å². The van der Waals surface area contributed by atoms with E-state index in [0.29, 0.717) is 6.04 Å². The zero-order chi connectivity index (χ0) is 15.2. The highest BCUT2D eigenvalue weighted by Crippen LogP contribution is 2.27. The van der Waals surface area contributed by atoms with Crippen molar-refractivity contribution in [3.05, 3.63) is 59.2 Å². The maximum atomic E-state index is 5.26. The first-order valence-electron chi connectivity index (χ1n) is 7.68. The molecule has 1 N–H and O–H groups in total. The van der Waals surface area contributed by atoms with Gasteiger partial charge in [-0.3, -0.25) is 0 Å². The standard InChI is InChI=1S/C19H25NO/c1-5-15-7-9-16(10-8-15)18(6-2)20-19-12-11-17(21-4)13-14(19)3/h7-13,18,20H,5-6H2,1-4H3. The predicted molar refractivity (Wildman–Crippen MR) is 90.2 cm³/mol. The molecule has 2 heteroatoms. The van der Waals surface area contributed by atoms with Crippen LogP contribution in [0.25, 0.3) is 0 Å². The second-order valence-corrected chi connectivity index (χ2v) is 5.38. The van der Waals surface area contributed by atoms with Crippen molar-refractivity contribution < 1.29 is 4.74 Å². The maximum absolute atomic E-state index is 5.26. The Bertz CT molecular complexity index is 575. The van der Waals surface area contributed by atoms with E-state index in [4.69, 9.17) is 4.74 Å². The van der Waals surface area contributed by atoms with E-state index in [1.807, 2.05) is 6.07 Å². The molecule has 1 unspecified atom stereocenters. The minimum Gasteiger partial charge on any atom is -0.497 e. The van der Waals surface area contributed by atoms with E-state index < -0.39 is 0 Å². The first kappa shape index (κ1) is 15.4. The van der Waals surface area contributed by atoms with Gasteiger partial charge in [-0.1, -0.05) is 38.1 Å². The minimum atomic E-state index is 0.336. The highest BCUT2D eigenvalue weighted by atomic mass is 16.5. The molecule has 2 rings (SSSR count). The summed E-state index contributed by atoms with van der Waals surface area (Å²) in [6.45, 7) is 6.51. The predicted octanol–water partition coefficient (Wildman–Crippen LogP) is 5.13. The van der Waals surface area contributed by atoms with Gasteiger partial charge >= 0.3 is 0 Å². The van der Waals surface area contributed by atoms with Crippen LogP contribution in [0.4, 0.5) is 5.69 Å². The summed E-state index contributed by atoms with van der Waals surface area (Å²) in [5.41, 5.74) is 5.10. The largest absolute Gasteiger partial charge is 0.497 e. The fraction of sp³-hybridized carbons (Fsp3) is 0.368. The number of aryl methyl sites for hydroxylation is 2. The van der Waals surface area contributed by atoms with Crippen LogP contribution in [0.5, 0.6) is 5.75 Å². The van der Waals surface area contributed by atoms with Crippen LogP contribution >= 0.6 is 0 Å². The third-order valence-electron chi connectivity index (χ3n) is 3.96. The monoisotopic (exact) mass is 283 g/mol. The maximum Gasteiger partial charge on any atom is 0.119 e. The number of hydrogen-bond acceptors (Lipinski definition) is 2. The Kier molecular flexibility index (Phi) is 5.26. The average Bonchev–Trinajstić information content (AvgIpc) is 2.54. The summed E-state index contributed by atoms with van der Waals surface area (Å²) >= 11 is 0. The van der Waals surface area contributed by atoms with Gasteiger partial charge in [-0.05, 0) is 54.7 Å². The van der Waals surface area contributed by atoms with Crippen molar-refractivity contribution in [3.8, 4) is 5.75 Å². The van der Waals surface area contributed by atoms with E-state index in [2.05, 4.69) is 62.5 Å². The molecular weight excluding hydrogens is 258 g/mol. The average molecular weight is 283 g/mol. The lowest BCUT2D eigenvalue weighted by atomic mass is 10.0. The number of anilines is 1. The molecule has 0 fully saturated rings. The summed E-state index contributed by atoms with van der Waals surface area (Å²) in [7, 11) is 1.70. The molecule has 0 aliphatic carbocycles. The van der Waals surface area contributed by atoms with Gasteiger partial charge in [0.15, 0.2) is 0 Å².